The quantitative estimate of drug-likeness (QED) is 0.929. The fourth-order valence-electron chi connectivity index (χ4n) is 2.85. The van der Waals surface area contributed by atoms with Crippen LogP contribution in [0.3, 0.4) is 0 Å². The Labute approximate surface area is 127 Å². The van der Waals surface area contributed by atoms with Gasteiger partial charge in [-0.25, -0.2) is 8.42 Å². The molecule has 1 fully saturated rings. The smallest absolute Gasteiger partial charge is 0.244 e. The van der Waals surface area contributed by atoms with Crippen LogP contribution < -0.4 is 0 Å². The lowest BCUT2D eigenvalue weighted by Crippen LogP contribution is -2.33. The maximum Gasteiger partial charge on any atom is 0.244 e. The van der Waals surface area contributed by atoms with E-state index >= 15 is 0 Å². The van der Waals surface area contributed by atoms with Gasteiger partial charge < -0.3 is 9.67 Å². The van der Waals surface area contributed by atoms with E-state index in [2.05, 4.69) is 0 Å². The Morgan fingerprint density at radius 1 is 1.14 bits per heavy atom. The Kier molecular flexibility index (Phi) is 5.46. The zero-order valence-corrected chi connectivity index (χ0v) is 13.8. The first kappa shape index (κ1) is 16.5. The molecule has 2 heterocycles. The summed E-state index contributed by atoms with van der Waals surface area (Å²) >= 11 is 0. The van der Waals surface area contributed by atoms with E-state index in [9.17, 15) is 13.5 Å². The molecule has 5 nitrogen and oxygen atoms in total. The van der Waals surface area contributed by atoms with Crippen molar-refractivity contribution in [3.63, 3.8) is 0 Å². The summed E-state index contributed by atoms with van der Waals surface area (Å²) in [6, 6.07) is 1.73. The van der Waals surface area contributed by atoms with E-state index in [0.717, 1.165) is 25.7 Å². The lowest BCUT2D eigenvalue weighted by Gasteiger charge is -2.23. The monoisotopic (exact) mass is 314 g/mol. The fourth-order valence-corrected chi connectivity index (χ4v) is 4.42. The van der Waals surface area contributed by atoms with Crippen LogP contribution in [0.2, 0.25) is 0 Å². The van der Waals surface area contributed by atoms with E-state index < -0.39 is 10.0 Å². The Morgan fingerprint density at radius 2 is 1.71 bits per heavy atom. The Bertz CT molecular complexity index is 555. The van der Waals surface area contributed by atoms with E-state index in [-0.39, 0.29) is 12.6 Å². The third-order valence-electron chi connectivity index (χ3n) is 4.08. The van der Waals surface area contributed by atoms with Crippen molar-refractivity contribution in [1.29, 1.82) is 0 Å². The molecule has 2 rings (SSSR count). The van der Waals surface area contributed by atoms with Crippen LogP contribution in [-0.2, 0) is 16.6 Å². The van der Waals surface area contributed by atoms with Gasteiger partial charge in [0.05, 0.1) is 6.61 Å². The number of hydrogen-bond acceptors (Lipinski definition) is 3. The Hall–Kier alpha value is -0.850. The second-order valence-corrected chi connectivity index (χ2v) is 7.94. The van der Waals surface area contributed by atoms with Crippen molar-refractivity contribution < 1.29 is 13.5 Å². The maximum absolute atomic E-state index is 12.8. The minimum absolute atomic E-state index is 0.128. The summed E-state index contributed by atoms with van der Waals surface area (Å²) < 4.78 is 29.0. The molecular formula is C15H26N2O3S. The van der Waals surface area contributed by atoms with Crippen LogP contribution in [0.15, 0.2) is 17.2 Å². The lowest BCUT2D eigenvalue weighted by molar-refractivity contribution is 0.268. The summed E-state index contributed by atoms with van der Waals surface area (Å²) in [6.07, 6.45) is 6.91. The van der Waals surface area contributed by atoms with Crippen molar-refractivity contribution in [2.75, 3.05) is 13.1 Å². The molecular weight excluding hydrogens is 288 g/mol. The van der Waals surface area contributed by atoms with Crippen LogP contribution >= 0.6 is 0 Å². The van der Waals surface area contributed by atoms with Gasteiger partial charge in [0.15, 0.2) is 0 Å². The van der Waals surface area contributed by atoms with Crippen LogP contribution in [0.4, 0.5) is 0 Å². The molecule has 1 aromatic rings. The number of rotatable bonds is 4. The molecule has 1 aliphatic heterocycles. The first-order valence-electron chi connectivity index (χ1n) is 7.78. The van der Waals surface area contributed by atoms with Gasteiger partial charge in [-0.2, -0.15) is 4.31 Å². The summed E-state index contributed by atoms with van der Waals surface area (Å²) in [5.41, 5.74) is 0.649. The van der Waals surface area contributed by atoms with Gasteiger partial charge in [-0.3, -0.25) is 0 Å². The predicted molar refractivity (Wildman–Crippen MR) is 82.6 cm³/mol. The molecule has 0 aliphatic carbocycles. The molecule has 6 heteroatoms. The minimum atomic E-state index is -3.45. The number of sulfonamides is 1. The molecule has 21 heavy (non-hydrogen) atoms. The average molecular weight is 314 g/mol. The van der Waals surface area contributed by atoms with Gasteiger partial charge >= 0.3 is 0 Å². The van der Waals surface area contributed by atoms with Crippen LogP contribution in [-0.4, -0.2) is 35.5 Å². The van der Waals surface area contributed by atoms with Gasteiger partial charge in [0.1, 0.15) is 4.90 Å². The normalized spacial score (nSPS) is 18.7. The minimum Gasteiger partial charge on any atom is -0.390 e. The second-order valence-electron chi connectivity index (χ2n) is 6.00. The highest BCUT2D eigenvalue weighted by atomic mass is 32.2. The van der Waals surface area contributed by atoms with Crippen molar-refractivity contribution in [2.24, 2.45) is 0 Å². The van der Waals surface area contributed by atoms with Gasteiger partial charge in [0, 0.05) is 31.0 Å². The third kappa shape index (κ3) is 3.67. The van der Waals surface area contributed by atoms with Gasteiger partial charge in [-0.05, 0) is 32.8 Å². The Morgan fingerprint density at radius 3 is 2.19 bits per heavy atom. The van der Waals surface area contributed by atoms with E-state index in [0.29, 0.717) is 23.7 Å². The fraction of sp³-hybridized carbons (Fsp3) is 0.733. The van der Waals surface area contributed by atoms with E-state index in [1.807, 2.05) is 18.4 Å². The van der Waals surface area contributed by atoms with Crippen LogP contribution in [0.1, 0.15) is 57.7 Å². The number of aliphatic hydroxyl groups is 1. The first-order valence-corrected chi connectivity index (χ1v) is 9.22. The summed E-state index contributed by atoms with van der Waals surface area (Å²) in [4.78, 5) is 0.306. The molecule has 1 aliphatic rings. The standard InChI is InChI=1S/C15H26N2O3S/c1-13(2)17-11-15(10-14(17)12-18)21(19,20)16-8-6-4-3-5-7-9-16/h10-11,13,18H,3-9,12H2,1-2H3. The van der Waals surface area contributed by atoms with Crippen molar-refractivity contribution in [3.05, 3.63) is 18.0 Å². The van der Waals surface area contributed by atoms with Gasteiger partial charge in [-0.1, -0.05) is 19.3 Å². The largest absolute Gasteiger partial charge is 0.390 e. The zero-order chi connectivity index (χ0) is 15.5. The van der Waals surface area contributed by atoms with Crippen LogP contribution in [0, 0.1) is 0 Å². The van der Waals surface area contributed by atoms with Gasteiger partial charge in [-0.15, -0.1) is 0 Å². The molecule has 0 radical (unpaired) electrons. The highest BCUT2D eigenvalue weighted by Crippen LogP contribution is 2.24. The zero-order valence-electron chi connectivity index (χ0n) is 13.0. The number of aromatic nitrogens is 1. The molecule has 0 atom stereocenters. The number of aliphatic hydroxyl groups excluding tert-OH is 1. The molecule has 1 N–H and O–H groups in total. The van der Waals surface area contributed by atoms with Crippen LogP contribution in [0.25, 0.3) is 0 Å². The maximum atomic E-state index is 12.8. The van der Waals surface area contributed by atoms with E-state index in [1.165, 1.54) is 6.42 Å². The molecule has 0 bridgehead atoms. The summed E-state index contributed by atoms with van der Waals surface area (Å²) in [5, 5.41) is 9.41. The first-order chi connectivity index (χ1) is 9.96. The molecule has 1 saturated heterocycles. The molecule has 0 saturated carbocycles. The molecule has 0 spiro atoms. The summed E-state index contributed by atoms with van der Waals surface area (Å²) in [6.45, 7) is 5.01. The molecule has 120 valence electrons. The second kappa shape index (κ2) is 6.94. The molecule has 0 aromatic carbocycles. The SMILES string of the molecule is CC(C)n1cc(S(=O)(=O)N2CCCCCCC2)cc1CO. The van der Waals surface area contributed by atoms with Crippen molar-refractivity contribution in [3.8, 4) is 0 Å². The Balaban J connectivity index is 2.29. The topological polar surface area (TPSA) is 62.5 Å². The van der Waals surface area contributed by atoms with Gasteiger partial charge in [0.25, 0.3) is 0 Å². The van der Waals surface area contributed by atoms with E-state index in [4.69, 9.17) is 0 Å². The molecule has 1 aromatic heterocycles. The summed E-state index contributed by atoms with van der Waals surface area (Å²) in [7, 11) is -3.45. The van der Waals surface area contributed by atoms with Crippen molar-refractivity contribution >= 4 is 10.0 Å². The van der Waals surface area contributed by atoms with E-state index in [1.54, 1.807) is 16.6 Å². The van der Waals surface area contributed by atoms with Crippen LogP contribution in [0.5, 0.6) is 0 Å². The highest BCUT2D eigenvalue weighted by Gasteiger charge is 2.27. The summed E-state index contributed by atoms with van der Waals surface area (Å²) in [5.74, 6) is 0. The molecule has 0 amide bonds. The van der Waals surface area contributed by atoms with Crippen molar-refractivity contribution in [2.45, 2.75) is 63.5 Å². The van der Waals surface area contributed by atoms with Gasteiger partial charge in [0.2, 0.25) is 10.0 Å². The predicted octanol–water partition coefficient (Wildman–Crippen LogP) is 2.52. The molecule has 0 unspecified atom stereocenters. The highest BCUT2D eigenvalue weighted by molar-refractivity contribution is 7.89. The third-order valence-corrected chi connectivity index (χ3v) is 5.94. The number of hydrogen-bond donors (Lipinski definition) is 1. The number of nitrogens with zero attached hydrogens (tertiary/aromatic N) is 2. The lowest BCUT2D eigenvalue weighted by atomic mass is 10.1. The average Bonchev–Trinajstić information content (AvgIpc) is 2.82. The van der Waals surface area contributed by atoms with Crippen molar-refractivity contribution in [1.82, 2.24) is 8.87 Å².